The van der Waals surface area contributed by atoms with Gasteiger partial charge in [-0.15, -0.1) is 13.2 Å². The second-order valence-electron chi connectivity index (χ2n) is 7.08. The van der Waals surface area contributed by atoms with E-state index >= 15 is 0 Å². The fraction of sp³-hybridized carbons (Fsp3) is 0.316. The van der Waals surface area contributed by atoms with E-state index in [1.165, 1.54) is 39.1 Å². The van der Waals surface area contributed by atoms with E-state index in [1.807, 2.05) is 0 Å². The van der Waals surface area contributed by atoms with Crippen molar-refractivity contribution in [3.63, 3.8) is 0 Å². The molecule has 2 N–H and O–H groups in total. The summed E-state index contributed by atoms with van der Waals surface area (Å²) in [7, 11) is 0. The minimum absolute atomic E-state index is 0.256. The Kier molecular flexibility index (Phi) is 5.22. The average molecular weight is 408 g/mol. The number of aliphatic hydroxyl groups is 1. The number of pyridine rings is 1. The first-order valence-electron chi connectivity index (χ1n) is 8.64. The zero-order chi connectivity index (χ0) is 21.4. The van der Waals surface area contributed by atoms with Gasteiger partial charge in [0, 0.05) is 12.4 Å². The molecule has 7 nitrogen and oxygen atoms in total. The van der Waals surface area contributed by atoms with Crippen LogP contribution in [-0.4, -0.2) is 37.7 Å². The molecule has 0 aliphatic carbocycles. The van der Waals surface area contributed by atoms with Crippen LogP contribution in [0.3, 0.4) is 0 Å². The van der Waals surface area contributed by atoms with Crippen molar-refractivity contribution >= 4 is 22.6 Å². The molecular formula is C19H19F3N4O3. The Balaban J connectivity index is 1.84. The van der Waals surface area contributed by atoms with Gasteiger partial charge in [0.05, 0.1) is 17.4 Å². The molecule has 154 valence electrons. The van der Waals surface area contributed by atoms with Crippen molar-refractivity contribution < 1.29 is 27.8 Å². The molecule has 29 heavy (non-hydrogen) atoms. The number of amides is 1. The van der Waals surface area contributed by atoms with Gasteiger partial charge in [0.1, 0.15) is 17.2 Å². The molecule has 0 aliphatic rings. The van der Waals surface area contributed by atoms with Crippen LogP contribution in [-0.2, 0) is 11.3 Å². The summed E-state index contributed by atoms with van der Waals surface area (Å²) in [5.74, 6) is -0.611. The topological polar surface area (TPSA) is 89.3 Å². The number of aryl methyl sites for hydroxylation is 1. The van der Waals surface area contributed by atoms with E-state index in [2.05, 4.69) is 20.1 Å². The Bertz CT molecular complexity index is 1060. The van der Waals surface area contributed by atoms with Gasteiger partial charge in [-0.05, 0) is 44.0 Å². The number of nitrogens with one attached hydrogen (secondary N) is 1. The molecule has 0 radical (unpaired) electrons. The normalized spacial score (nSPS) is 12.2. The molecular weight excluding hydrogens is 389 g/mol. The molecule has 3 rings (SSSR count). The minimum atomic E-state index is -4.75. The Labute approximate surface area is 164 Å². The monoisotopic (exact) mass is 408 g/mol. The van der Waals surface area contributed by atoms with Crippen molar-refractivity contribution in [1.82, 2.24) is 14.8 Å². The molecule has 0 spiro atoms. The standard InChI is InChI=1S/C19H19F3N4O3/c1-11-8-12(4-5-15(11)29-19(20,21)22)9-26-10-13-14(25-26)6-7-23-16(13)24-17(27)18(2,3)28/h4-8,10,28H,9H2,1-3H3,(H,23,24,27). The van der Waals surface area contributed by atoms with Crippen LogP contribution in [0.15, 0.2) is 36.7 Å². The first kappa shape index (κ1) is 20.6. The van der Waals surface area contributed by atoms with Gasteiger partial charge in [-0.25, -0.2) is 4.98 Å². The summed E-state index contributed by atoms with van der Waals surface area (Å²) in [5.41, 5.74) is 0.0634. The zero-order valence-electron chi connectivity index (χ0n) is 15.9. The smallest absolute Gasteiger partial charge is 0.406 e. The second-order valence-corrected chi connectivity index (χ2v) is 7.08. The lowest BCUT2D eigenvalue weighted by Gasteiger charge is -2.16. The summed E-state index contributed by atoms with van der Waals surface area (Å²) < 4.78 is 42.8. The first-order chi connectivity index (χ1) is 13.4. The number of anilines is 1. The van der Waals surface area contributed by atoms with Crippen LogP contribution >= 0.6 is 0 Å². The molecule has 0 bridgehead atoms. The fourth-order valence-corrected chi connectivity index (χ4v) is 2.67. The van der Waals surface area contributed by atoms with Gasteiger partial charge < -0.3 is 15.2 Å². The number of halogens is 3. The molecule has 0 saturated heterocycles. The van der Waals surface area contributed by atoms with Crippen LogP contribution < -0.4 is 10.1 Å². The fourth-order valence-electron chi connectivity index (χ4n) is 2.67. The van der Waals surface area contributed by atoms with Crippen LogP contribution in [0.25, 0.3) is 10.9 Å². The van der Waals surface area contributed by atoms with Gasteiger partial charge in [0.25, 0.3) is 5.91 Å². The summed E-state index contributed by atoms with van der Waals surface area (Å²) in [6.07, 6.45) is -1.60. The van der Waals surface area contributed by atoms with Crippen LogP contribution in [0.1, 0.15) is 25.0 Å². The highest BCUT2D eigenvalue weighted by Gasteiger charge is 2.31. The summed E-state index contributed by atoms with van der Waals surface area (Å²) in [4.78, 5) is 16.1. The van der Waals surface area contributed by atoms with Crippen molar-refractivity contribution in [1.29, 1.82) is 0 Å². The van der Waals surface area contributed by atoms with Crippen molar-refractivity contribution in [2.45, 2.75) is 39.3 Å². The van der Waals surface area contributed by atoms with Gasteiger partial charge in [-0.3, -0.25) is 9.48 Å². The molecule has 1 aromatic carbocycles. The quantitative estimate of drug-likeness (QED) is 0.676. The second kappa shape index (κ2) is 7.36. The highest BCUT2D eigenvalue weighted by atomic mass is 19.4. The highest BCUT2D eigenvalue weighted by Crippen LogP contribution is 2.27. The summed E-state index contributed by atoms with van der Waals surface area (Å²) in [6, 6.07) is 6.04. The number of nitrogens with zero attached hydrogens (tertiary/aromatic N) is 3. The van der Waals surface area contributed by atoms with Gasteiger partial charge in [-0.2, -0.15) is 5.10 Å². The molecule has 2 aromatic heterocycles. The van der Waals surface area contributed by atoms with E-state index in [1.54, 1.807) is 23.0 Å². The Morgan fingerprint density at radius 3 is 2.62 bits per heavy atom. The van der Waals surface area contributed by atoms with Crippen LogP contribution in [0.4, 0.5) is 19.0 Å². The van der Waals surface area contributed by atoms with E-state index in [0.29, 0.717) is 23.0 Å². The van der Waals surface area contributed by atoms with Crippen molar-refractivity contribution in [2.24, 2.45) is 0 Å². The van der Waals surface area contributed by atoms with Crippen molar-refractivity contribution in [2.75, 3.05) is 5.32 Å². The van der Waals surface area contributed by atoms with Gasteiger partial charge >= 0.3 is 6.36 Å². The summed E-state index contributed by atoms with van der Waals surface area (Å²) in [6.45, 7) is 4.54. The lowest BCUT2D eigenvalue weighted by molar-refractivity contribution is -0.274. The molecule has 0 saturated carbocycles. The third-order valence-electron chi connectivity index (χ3n) is 4.08. The maximum absolute atomic E-state index is 12.4. The largest absolute Gasteiger partial charge is 0.573 e. The molecule has 10 heteroatoms. The predicted octanol–water partition coefficient (Wildman–Crippen LogP) is 3.40. The third kappa shape index (κ3) is 5.02. The average Bonchev–Trinajstić information content (AvgIpc) is 2.99. The number of fused-ring (bicyclic) bond motifs is 1. The molecule has 0 unspecified atom stereocenters. The summed E-state index contributed by atoms with van der Waals surface area (Å²) in [5, 5.41) is 17.3. The molecule has 0 atom stereocenters. The van der Waals surface area contributed by atoms with Crippen LogP contribution in [0, 0.1) is 6.92 Å². The van der Waals surface area contributed by atoms with Crippen LogP contribution in [0.2, 0.25) is 0 Å². The van der Waals surface area contributed by atoms with Gasteiger partial charge in [0.15, 0.2) is 0 Å². The SMILES string of the molecule is Cc1cc(Cn2cc3c(NC(=O)C(C)(C)O)nccc3n2)ccc1OC(F)(F)F. The maximum atomic E-state index is 12.4. The zero-order valence-corrected chi connectivity index (χ0v) is 15.9. The first-order valence-corrected chi connectivity index (χ1v) is 8.64. The Hall–Kier alpha value is -3.14. The summed E-state index contributed by atoms with van der Waals surface area (Å²) >= 11 is 0. The lowest BCUT2D eigenvalue weighted by atomic mass is 10.1. The minimum Gasteiger partial charge on any atom is -0.406 e. The number of carbonyl (C=O) groups is 1. The van der Waals surface area contributed by atoms with Gasteiger partial charge in [-0.1, -0.05) is 12.1 Å². The molecule has 0 aliphatic heterocycles. The number of alkyl halides is 3. The molecule has 3 aromatic rings. The Morgan fingerprint density at radius 2 is 2.00 bits per heavy atom. The predicted molar refractivity (Wildman–Crippen MR) is 99.4 cm³/mol. The molecule has 2 heterocycles. The number of rotatable bonds is 5. The van der Waals surface area contributed by atoms with Crippen LogP contribution in [0.5, 0.6) is 5.75 Å². The number of hydrogen-bond acceptors (Lipinski definition) is 5. The number of aromatic nitrogens is 3. The van der Waals surface area contributed by atoms with E-state index in [0.717, 1.165) is 5.56 Å². The number of hydrogen-bond donors (Lipinski definition) is 2. The highest BCUT2D eigenvalue weighted by molar-refractivity contribution is 6.02. The number of carbonyl (C=O) groups excluding carboxylic acids is 1. The third-order valence-corrected chi connectivity index (χ3v) is 4.08. The van der Waals surface area contributed by atoms with E-state index in [4.69, 9.17) is 0 Å². The lowest BCUT2D eigenvalue weighted by Crippen LogP contribution is -2.36. The molecule has 1 amide bonds. The van der Waals surface area contributed by atoms with Crippen molar-refractivity contribution in [3.05, 3.63) is 47.8 Å². The Morgan fingerprint density at radius 1 is 1.28 bits per heavy atom. The van der Waals surface area contributed by atoms with Gasteiger partial charge in [0.2, 0.25) is 0 Å². The van der Waals surface area contributed by atoms with Crippen molar-refractivity contribution in [3.8, 4) is 5.75 Å². The maximum Gasteiger partial charge on any atom is 0.573 e. The van der Waals surface area contributed by atoms with E-state index in [9.17, 15) is 23.1 Å². The van der Waals surface area contributed by atoms with E-state index in [-0.39, 0.29) is 11.6 Å². The molecule has 0 fully saturated rings. The number of ether oxygens (including phenoxy) is 1. The number of benzene rings is 1. The van der Waals surface area contributed by atoms with E-state index < -0.39 is 17.9 Å².